The molecule has 0 saturated heterocycles. The van der Waals surface area contributed by atoms with Gasteiger partial charge in [0.05, 0.1) is 18.3 Å². The van der Waals surface area contributed by atoms with Gasteiger partial charge in [0.2, 0.25) is 0 Å². The van der Waals surface area contributed by atoms with Crippen molar-refractivity contribution >= 4 is 5.91 Å². The number of amides is 1. The molecule has 2 aromatic rings. The van der Waals surface area contributed by atoms with Crippen LogP contribution in [0.25, 0.3) is 0 Å². The molecule has 0 aliphatic heterocycles. The Morgan fingerprint density at radius 2 is 2.14 bits per heavy atom. The van der Waals surface area contributed by atoms with Crippen LogP contribution in [-0.2, 0) is 7.05 Å². The lowest BCUT2D eigenvalue weighted by Gasteiger charge is -2.37. The number of aromatic nitrogens is 3. The second-order valence-electron chi connectivity index (χ2n) is 5.52. The quantitative estimate of drug-likeness (QED) is 0.880. The molecule has 2 heterocycles. The number of rotatable bonds is 4. The molecule has 21 heavy (non-hydrogen) atoms. The topological polar surface area (TPSA) is 80.0 Å². The lowest BCUT2D eigenvalue weighted by atomic mass is 9.75. The number of hydrogen-bond donors (Lipinski definition) is 2. The summed E-state index contributed by atoms with van der Waals surface area (Å²) in [6.07, 6.45) is 8.02. The maximum absolute atomic E-state index is 12.3. The van der Waals surface area contributed by atoms with Gasteiger partial charge >= 0.3 is 0 Å². The third kappa shape index (κ3) is 2.95. The maximum Gasteiger partial charge on any atom is 0.251 e. The highest BCUT2D eigenvalue weighted by Gasteiger charge is 2.36. The predicted octanol–water partition coefficient (Wildman–Crippen LogP) is 1.06. The van der Waals surface area contributed by atoms with E-state index < -0.39 is 0 Å². The zero-order valence-corrected chi connectivity index (χ0v) is 11.8. The normalized spacial score (nSPS) is 22.4. The molecule has 1 amide bonds. The zero-order chi connectivity index (χ0) is 14.8. The van der Waals surface area contributed by atoms with Crippen LogP contribution in [0.3, 0.4) is 0 Å². The largest absolute Gasteiger partial charge is 0.393 e. The molecule has 1 saturated carbocycles. The van der Waals surface area contributed by atoms with Crippen LogP contribution < -0.4 is 5.32 Å². The Hall–Kier alpha value is -2.21. The van der Waals surface area contributed by atoms with E-state index >= 15 is 0 Å². The molecule has 110 valence electrons. The smallest absolute Gasteiger partial charge is 0.251 e. The summed E-state index contributed by atoms with van der Waals surface area (Å²) in [6, 6.07) is 3.25. The van der Waals surface area contributed by atoms with Crippen molar-refractivity contribution in [3.8, 4) is 0 Å². The van der Waals surface area contributed by atoms with Crippen molar-refractivity contribution in [2.75, 3.05) is 0 Å². The van der Waals surface area contributed by atoms with E-state index in [1.54, 1.807) is 35.4 Å². The van der Waals surface area contributed by atoms with Crippen molar-refractivity contribution in [1.82, 2.24) is 20.1 Å². The van der Waals surface area contributed by atoms with Crippen molar-refractivity contribution < 1.29 is 9.90 Å². The van der Waals surface area contributed by atoms with E-state index in [0.29, 0.717) is 18.4 Å². The molecule has 0 aromatic carbocycles. The van der Waals surface area contributed by atoms with Gasteiger partial charge in [-0.05, 0) is 30.9 Å². The molecule has 0 bridgehead atoms. The second kappa shape index (κ2) is 5.65. The Bertz CT molecular complexity index is 620. The first-order valence-corrected chi connectivity index (χ1v) is 7.01. The van der Waals surface area contributed by atoms with Crippen LogP contribution in [-0.4, -0.2) is 31.9 Å². The van der Waals surface area contributed by atoms with Gasteiger partial charge in [-0.15, -0.1) is 0 Å². The lowest BCUT2D eigenvalue weighted by Crippen LogP contribution is -2.41. The summed E-state index contributed by atoms with van der Waals surface area (Å²) in [5, 5.41) is 16.8. The van der Waals surface area contributed by atoms with Gasteiger partial charge in [-0.2, -0.15) is 5.10 Å². The van der Waals surface area contributed by atoms with Gasteiger partial charge in [0.1, 0.15) is 0 Å². The molecular weight excluding hydrogens is 268 g/mol. The highest BCUT2D eigenvalue weighted by atomic mass is 16.3. The molecule has 0 spiro atoms. The van der Waals surface area contributed by atoms with Crippen LogP contribution in [0.15, 0.2) is 36.9 Å². The van der Waals surface area contributed by atoms with Gasteiger partial charge < -0.3 is 10.4 Å². The monoisotopic (exact) mass is 286 g/mol. The fourth-order valence-corrected chi connectivity index (χ4v) is 2.70. The molecule has 0 unspecified atom stereocenters. The minimum absolute atomic E-state index is 0.122. The van der Waals surface area contributed by atoms with Crippen LogP contribution in [0.1, 0.15) is 34.8 Å². The molecule has 1 aliphatic carbocycles. The summed E-state index contributed by atoms with van der Waals surface area (Å²) in [5.41, 5.74) is 1.55. The van der Waals surface area contributed by atoms with E-state index in [1.165, 1.54) is 0 Å². The Balaban J connectivity index is 1.78. The number of nitrogens with zero attached hydrogens (tertiary/aromatic N) is 3. The van der Waals surface area contributed by atoms with Gasteiger partial charge in [0, 0.05) is 36.8 Å². The Labute approximate surface area is 122 Å². The number of pyridine rings is 1. The average Bonchev–Trinajstić information content (AvgIpc) is 2.89. The van der Waals surface area contributed by atoms with Crippen LogP contribution >= 0.6 is 0 Å². The van der Waals surface area contributed by atoms with Gasteiger partial charge in [-0.1, -0.05) is 0 Å². The van der Waals surface area contributed by atoms with Crippen molar-refractivity contribution in [3.05, 3.63) is 48.0 Å². The van der Waals surface area contributed by atoms with Crippen molar-refractivity contribution in [1.29, 1.82) is 0 Å². The Kier molecular flexibility index (Phi) is 3.70. The molecule has 1 fully saturated rings. The average molecular weight is 286 g/mol. The number of carbonyl (C=O) groups excluding carboxylic acids is 1. The standard InChI is InChI=1S/C15H18N4O2/c1-19-9-12(8-17-19)14(11-6-13(20)7-11)18-15(21)10-2-4-16-5-3-10/h2-5,8-9,11,13-14,20H,6-7H2,1H3,(H,18,21)/t11?,13?,14-/m0/s1. The molecule has 6 nitrogen and oxygen atoms in total. The van der Waals surface area contributed by atoms with Crippen LogP contribution in [0, 0.1) is 5.92 Å². The number of aliphatic hydroxyl groups is 1. The fraction of sp³-hybridized carbons (Fsp3) is 0.400. The minimum atomic E-state index is -0.257. The first-order valence-electron chi connectivity index (χ1n) is 7.01. The summed E-state index contributed by atoms with van der Waals surface area (Å²) < 4.78 is 1.72. The van der Waals surface area contributed by atoms with E-state index in [2.05, 4.69) is 15.4 Å². The number of nitrogens with one attached hydrogen (secondary N) is 1. The molecular formula is C15H18N4O2. The summed E-state index contributed by atoms with van der Waals surface area (Å²) in [5.74, 6) is 0.114. The fourth-order valence-electron chi connectivity index (χ4n) is 2.70. The minimum Gasteiger partial charge on any atom is -0.393 e. The zero-order valence-electron chi connectivity index (χ0n) is 11.8. The van der Waals surface area contributed by atoms with Crippen LogP contribution in [0.2, 0.25) is 0 Å². The summed E-state index contributed by atoms with van der Waals surface area (Å²) >= 11 is 0. The van der Waals surface area contributed by atoms with Gasteiger partial charge in [0.25, 0.3) is 5.91 Å². The van der Waals surface area contributed by atoms with Crippen molar-refractivity contribution in [2.45, 2.75) is 25.0 Å². The van der Waals surface area contributed by atoms with Crippen molar-refractivity contribution in [2.24, 2.45) is 13.0 Å². The third-order valence-corrected chi connectivity index (χ3v) is 3.93. The lowest BCUT2D eigenvalue weighted by molar-refractivity contribution is 0.0235. The molecule has 2 N–H and O–H groups in total. The predicted molar refractivity (Wildman–Crippen MR) is 76.4 cm³/mol. The molecule has 3 rings (SSSR count). The Morgan fingerprint density at radius 1 is 1.43 bits per heavy atom. The highest BCUT2D eigenvalue weighted by molar-refractivity contribution is 5.94. The summed E-state index contributed by atoms with van der Waals surface area (Å²) in [7, 11) is 1.85. The van der Waals surface area contributed by atoms with Gasteiger partial charge in [-0.3, -0.25) is 14.5 Å². The Morgan fingerprint density at radius 3 is 2.71 bits per heavy atom. The van der Waals surface area contributed by atoms with Crippen molar-refractivity contribution in [3.63, 3.8) is 0 Å². The number of hydrogen-bond acceptors (Lipinski definition) is 4. The van der Waals surface area contributed by atoms with E-state index in [9.17, 15) is 9.90 Å². The molecule has 2 aromatic heterocycles. The second-order valence-corrected chi connectivity index (χ2v) is 5.52. The van der Waals surface area contributed by atoms with E-state index in [0.717, 1.165) is 5.56 Å². The van der Waals surface area contributed by atoms with E-state index in [4.69, 9.17) is 0 Å². The molecule has 6 heteroatoms. The maximum atomic E-state index is 12.3. The first kappa shape index (κ1) is 13.8. The van der Waals surface area contributed by atoms with E-state index in [1.807, 2.05) is 13.2 Å². The van der Waals surface area contributed by atoms with Gasteiger partial charge in [0.15, 0.2) is 0 Å². The number of aryl methyl sites for hydroxylation is 1. The number of carbonyl (C=O) groups is 1. The molecule has 1 atom stereocenters. The van der Waals surface area contributed by atoms with Crippen LogP contribution in [0.4, 0.5) is 0 Å². The summed E-state index contributed by atoms with van der Waals surface area (Å²) in [4.78, 5) is 16.2. The SMILES string of the molecule is Cn1cc([C@@H](NC(=O)c2ccncc2)C2CC(O)C2)cn1. The summed E-state index contributed by atoms with van der Waals surface area (Å²) in [6.45, 7) is 0. The van der Waals surface area contributed by atoms with E-state index in [-0.39, 0.29) is 24.0 Å². The highest BCUT2D eigenvalue weighted by Crippen LogP contribution is 2.38. The number of aliphatic hydroxyl groups excluding tert-OH is 1. The third-order valence-electron chi connectivity index (χ3n) is 3.93. The first-order chi connectivity index (χ1) is 10.1. The molecule has 1 aliphatic rings. The molecule has 0 radical (unpaired) electrons. The van der Waals surface area contributed by atoms with Crippen LogP contribution in [0.5, 0.6) is 0 Å². The van der Waals surface area contributed by atoms with Gasteiger partial charge in [-0.25, -0.2) is 0 Å².